The Balaban J connectivity index is 1.42. The molecule has 0 aliphatic heterocycles. The molecule has 0 fully saturated rings. The van der Waals surface area contributed by atoms with Gasteiger partial charge >= 0.3 is 188 Å². The van der Waals surface area contributed by atoms with E-state index in [1.165, 1.54) is 0 Å². The van der Waals surface area contributed by atoms with Gasteiger partial charge in [0.1, 0.15) is 0 Å². The van der Waals surface area contributed by atoms with Crippen molar-refractivity contribution in [3.8, 4) is 11.1 Å². The minimum absolute atomic E-state index is 0.0626. The molecule has 0 spiro atoms. The van der Waals surface area contributed by atoms with Crippen molar-refractivity contribution in [2.75, 3.05) is 6.61 Å². The fraction of sp³-hybridized carbons (Fsp3) is 0.200. The Bertz CT molecular complexity index is 1040. The molecule has 31 heavy (non-hydrogen) atoms. The van der Waals surface area contributed by atoms with Crippen molar-refractivity contribution in [1.82, 2.24) is 5.32 Å². The fourth-order valence-corrected chi connectivity index (χ4v) is 6.16. The van der Waals surface area contributed by atoms with Crippen molar-refractivity contribution in [2.45, 2.75) is 23.7 Å². The topological polar surface area (TPSA) is 75.6 Å². The summed E-state index contributed by atoms with van der Waals surface area (Å²) < 4.78 is 6.60. The quantitative estimate of drug-likeness (QED) is 0.505. The molecule has 1 aliphatic carbocycles. The van der Waals surface area contributed by atoms with Crippen LogP contribution in [0.2, 0.25) is 4.82 Å². The summed E-state index contributed by atoms with van der Waals surface area (Å²) in [7, 11) is 0. The first-order valence-corrected chi connectivity index (χ1v) is 11.9. The van der Waals surface area contributed by atoms with Crippen LogP contribution in [0.3, 0.4) is 0 Å². The van der Waals surface area contributed by atoms with Gasteiger partial charge in [0, 0.05) is 0 Å². The van der Waals surface area contributed by atoms with Gasteiger partial charge in [0.25, 0.3) is 0 Å². The van der Waals surface area contributed by atoms with E-state index in [4.69, 9.17) is 4.74 Å². The molecule has 0 saturated carbocycles. The van der Waals surface area contributed by atoms with Gasteiger partial charge in [0.15, 0.2) is 0 Å². The van der Waals surface area contributed by atoms with E-state index in [1.54, 1.807) is 0 Å². The van der Waals surface area contributed by atoms with Gasteiger partial charge in [-0.05, 0) is 0 Å². The number of ether oxygens (including phenoxy) is 1. The first-order valence-electron chi connectivity index (χ1n) is 10.1. The van der Waals surface area contributed by atoms with Crippen LogP contribution in [0.1, 0.15) is 24.0 Å². The molecule has 3 aromatic carbocycles. The molecule has 0 aromatic heterocycles. The average Bonchev–Trinajstić information content (AvgIpc) is 3.10. The van der Waals surface area contributed by atoms with Crippen LogP contribution in [0.5, 0.6) is 0 Å². The second-order valence-corrected chi connectivity index (χ2v) is 10.5. The van der Waals surface area contributed by atoms with Gasteiger partial charge in [0.05, 0.1) is 0 Å². The molecule has 158 valence electrons. The van der Waals surface area contributed by atoms with Gasteiger partial charge in [0.2, 0.25) is 0 Å². The second kappa shape index (κ2) is 9.38. The van der Waals surface area contributed by atoms with Crippen LogP contribution in [0.15, 0.2) is 78.9 Å². The van der Waals surface area contributed by atoms with Gasteiger partial charge in [-0.3, -0.25) is 0 Å². The Kier molecular flexibility index (Phi) is 6.40. The number of fused-ring (bicyclic) bond motifs is 3. The van der Waals surface area contributed by atoms with Crippen molar-refractivity contribution in [1.29, 1.82) is 0 Å². The average molecular weight is 480 g/mol. The van der Waals surface area contributed by atoms with E-state index < -0.39 is 18.1 Å². The maximum atomic E-state index is 12.5. The number of nitrogens with one attached hydrogen (secondary N) is 1. The Morgan fingerprint density at radius 3 is 2.06 bits per heavy atom. The van der Waals surface area contributed by atoms with E-state index in [1.807, 2.05) is 73.7 Å². The number of amides is 1. The number of carboxylic acids is 1. The standard InChI is InChI=1S/C25H23NO4Se/c1-16(31-17-9-3-2-4-10-17)23(24(27)28)26-25(29)30-15-22-20-13-7-5-11-18(20)19-12-6-8-14-21(19)22/h2-14,16,22-23H,15H2,1H3,(H,26,29)(H,27,28)/t16-,23+/m1/s1. The molecular formula is C25H23NO4Se. The third-order valence-electron chi connectivity index (χ3n) is 5.42. The molecule has 5 nitrogen and oxygen atoms in total. The number of alkyl carbamates (subject to hydrolysis) is 1. The molecule has 0 bridgehead atoms. The summed E-state index contributed by atoms with van der Waals surface area (Å²) in [6.07, 6.45) is -0.704. The monoisotopic (exact) mass is 481 g/mol. The summed E-state index contributed by atoms with van der Waals surface area (Å²) >= 11 is -0.0963. The molecular weight excluding hydrogens is 457 g/mol. The first-order chi connectivity index (χ1) is 15.0. The summed E-state index contributed by atoms with van der Waals surface area (Å²) in [5.74, 6) is -1.12. The fourth-order valence-electron chi connectivity index (χ4n) is 3.93. The Morgan fingerprint density at radius 2 is 1.48 bits per heavy atom. The summed E-state index contributed by atoms with van der Waals surface area (Å²) in [5.41, 5.74) is 4.53. The maximum absolute atomic E-state index is 12.5. The van der Waals surface area contributed by atoms with E-state index in [9.17, 15) is 14.7 Å². The second-order valence-electron chi connectivity index (χ2n) is 7.42. The zero-order valence-electron chi connectivity index (χ0n) is 17.0. The molecule has 2 atom stereocenters. The molecule has 3 aromatic rings. The Labute approximate surface area is 187 Å². The van der Waals surface area contributed by atoms with Crippen molar-refractivity contribution < 1.29 is 19.4 Å². The van der Waals surface area contributed by atoms with Gasteiger partial charge in [-0.1, -0.05) is 0 Å². The van der Waals surface area contributed by atoms with E-state index >= 15 is 0 Å². The summed E-state index contributed by atoms with van der Waals surface area (Å²) in [5, 5.41) is 12.2. The van der Waals surface area contributed by atoms with Crippen LogP contribution >= 0.6 is 0 Å². The molecule has 2 N–H and O–H groups in total. The molecule has 0 saturated heterocycles. The molecule has 6 heteroatoms. The molecule has 0 unspecified atom stereocenters. The minimum atomic E-state index is -1.06. The van der Waals surface area contributed by atoms with Crippen LogP contribution in [-0.4, -0.2) is 44.8 Å². The summed E-state index contributed by atoms with van der Waals surface area (Å²) in [4.78, 5) is 24.1. The van der Waals surface area contributed by atoms with Crippen LogP contribution in [0.4, 0.5) is 4.79 Å². The number of benzene rings is 3. The van der Waals surface area contributed by atoms with Gasteiger partial charge in [-0.2, -0.15) is 0 Å². The van der Waals surface area contributed by atoms with Crippen LogP contribution < -0.4 is 9.78 Å². The van der Waals surface area contributed by atoms with Gasteiger partial charge in [-0.15, -0.1) is 0 Å². The zero-order chi connectivity index (χ0) is 21.8. The van der Waals surface area contributed by atoms with Crippen molar-refractivity contribution in [3.63, 3.8) is 0 Å². The van der Waals surface area contributed by atoms with E-state index in [-0.39, 0.29) is 32.3 Å². The van der Waals surface area contributed by atoms with E-state index in [2.05, 4.69) is 17.4 Å². The number of rotatable bonds is 7. The van der Waals surface area contributed by atoms with Crippen molar-refractivity contribution in [3.05, 3.63) is 90.0 Å². The molecule has 4 rings (SSSR count). The Morgan fingerprint density at radius 1 is 0.935 bits per heavy atom. The normalized spacial score (nSPS) is 14.2. The van der Waals surface area contributed by atoms with Crippen molar-refractivity contribution >= 4 is 31.5 Å². The Hall–Kier alpha value is -3.08. The third-order valence-corrected chi connectivity index (χ3v) is 7.91. The van der Waals surface area contributed by atoms with Gasteiger partial charge < -0.3 is 0 Å². The zero-order valence-corrected chi connectivity index (χ0v) is 18.7. The number of carbonyl (C=O) groups is 2. The summed E-state index contributed by atoms with van der Waals surface area (Å²) in [6, 6.07) is 24.9. The van der Waals surface area contributed by atoms with Crippen LogP contribution in [-0.2, 0) is 9.53 Å². The number of hydrogen-bond donors (Lipinski definition) is 2. The SMILES string of the molecule is C[C@@H]([Se]c1ccccc1)[C@H](NC(=O)OCC1c2ccccc2-c2ccccc21)C(=O)O. The number of carbonyl (C=O) groups excluding carboxylic acids is 1. The molecule has 0 heterocycles. The molecule has 1 amide bonds. The van der Waals surface area contributed by atoms with E-state index in [0.717, 1.165) is 26.7 Å². The molecule has 0 radical (unpaired) electrons. The first kappa shape index (κ1) is 21.2. The van der Waals surface area contributed by atoms with E-state index in [0.29, 0.717) is 0 Å². The predicted molar refractivity (Wildman–Crippen MR) is 121 cm³/mol. The van der Waals surface area contributed by atoms with Crippen LogP contribution in [0, 0.1) is 0 Å². The number of aliphatic carboxylic acids is 1. The summed E-state index contributed by atoms with van der Waals surface area (Å²) in [6.45, 7) is 2.00. The third kappa shape index (κ3) is 4.66. The van der Waals surface area contributed by atoms with Crippen LogP contribution in [0.25, 0.3) is 11.1 Å². The van der Waals surface area contributed by atoms with Gasteiger partial charge in [-0.25, -0.2) is 0 Å². The number of hydrogen-bond acceptors (Lipinski definition) is 3. The molecule has 1 aliphatic rings. The van der Waals surface area contributed by atoms with Crippen molar-refractivity contribution in [2.24, 2.45) is 0 Å². The predicted octanol–water partition coefficient (Wildman–Crippen LogP) is 3.82. The number of carboxylic acid groups (broad SMARTS) is 1.